The first-order valence-corrected chi connectivity index (χ1v) is 6.93. The lowest BCUT2D eigenvalue weighted by atomic mass is 10.2. The Morgan fingerprint density at radius 2 is 2.35 bits per heavy atom. The van der Waals surface area contributed by atoms with Crippen LogP contribution in [0.1, 0.15) is 12.5 Å². The van der Waals surface area contributed by atoms with Gasteiger partial charge in [0.25, 0.3) is 5.69 Å². The van der Waals surface area contributed by atoms with Crippen LogP contribution >= 0.6 is 0 Å². The summed E-state index contributed by atoms with van der Waals surface area (Å²) in [6.07, 6.45) is 0.0730. The number of nitro groups is 1. The number of likely N-dealkylation sites (N-methyl/N-ethyl adjacent to an activating group) is 1. The molecule has 0 bridgehead atoms. The third-order valence-corrected chi connectivity index (χ3v) is 3.54. The number of nitrogens with one attached hydrogen (secondary N) is 1. The highest BCUT2D eigenvalue weighted by Gasteiger charge is 2.20. The molecule has 0 aromatic heterocycles. The molecule has 1 fully saturated rings. The molecule has 0 aliphatic carbocycles. The molecule has 1 unspecified atom stereocenters. The third kappa shape index (κ3) is 3.68. The Balaban J connectivity index is 1.99. The maximum Gasteiger partial charge on any atom is 0.292 e. The molecule has 0 radical (unpaired) electrons. The quantitative estimate of drug-likeness (QED) is 0.660. The number of nitrogens with zero attached hydrogens (tertiary/aromatic N) is 2. The average Bonchev–Trinajstić information content (AvgIpc) is 2.45. The van der Waals surface area contributed by atoms with Crippen molar-refractivity contribution in [2.24, 2.45) is 0 Å². The zero-order chi connectivity index (χ0) is 14.5. The van der Waals surface area contributed by atoms with E-state index in [1.165, 1.54) is 6.07 Å². The number of rotatable bonds is 5. The van der Waals surface area contributed by atoms with E-state index < -0.39 is 0 Å². The highest BCUT2D eigenvalue weighted by molar-refractivity contribution is 5.62. The molecule has 0 spiro atoms. The summed E-state index contributed by atoms with van der Waals surface area (Å²) in [5.41, 5.74) is 1.67. The van der Waals surface area contributed by atoms with Gasteiger partial charge in [0.1, 0.15) is 5.69 Å². The summed E-state index contributed by atoms with van der Waals surface area (Å²) in [7, 11) is 0. The fourth-order valence-corrected chi connectivity index (χ4v) is 2.37. The lowest BCUT2D eigenvalue weighted by molar-refractivity contribution is -0.384. The first kappa shape index (κ1) is 14.7. The highest BCUT2D eigenvalue weighted by Crippen LogP contribution is 2.25. The summed E-state index contributed by atoms with van der Waals surface area (Å²) < 4.78 is 5.69. The summed E-state index contributed by atoms with van der Waals surface area (Å²) in [4.78, 5) is 13.0. The normalized spacial score (nSPS) is 19.8. The Hall–Kier alpha value is -1.66. The monoisotopic (exact) mass is 279 g/mol. The highest BCUT2D eigenvalue weighted by atomic mass is 16.6. The SMILES string of the molecule is CCN1CCOC(CNc2cc(C)ccc2[N+](=O)[O-])C1. The van der Waals surface area contributed by atoms with Gasteiger partial charge in [-0.1, -0.05) is 13.0 Å². The Labute approximate surface area is 118 Å². The maximum absolute atomic E-state index is 11.0. The number of aryl methyl sites for hydroxylation is 1. The first-order chi connectivity index (χ1) is 9.60. The van der Waals surface area contributed by atoms with E-state index in [4.69, 9.17) is 4.74 Å². The summed E-state index contributed by atoms with van der Waals surface area (Å²) in [6, 6.07) is 5.09. The van der Waals surface area contributed by atoms with Crippen molar-refractivity contribution < 1.29 is 9.66 Å². The summed E-state index contributed by atoms with van der Waals surface area (Å²) in [5, 5.41) is 14.2. The predicted octanol–water partition coefficient (Wildman–Crippen LogP) is 2.04. The molecule has 1 aromatic carbocycles. The molecule has 1 heterocycles. The molecule has 6 nitrogen and oxygen atoms in total. The molecular weight excluding hydrogens is 258 g/mol. The van der Waals surface area contributed by atoms with E-state index >= 15 is 0 Å². The minimum Gasteiger partial charge on any atom is -0.377 e. The van der Waals surface area contributed by atoms with Crippen molar-refractivity contribution in [3.8, 4) is 0 Å². The number of hydrogen-bond acceptors (Lipinski definition) is 5. The molecule has 0 saturated carbocycles. The van der Waals surface area contributed by atoms with E-state index in [1.54, 1.807) is 12.1 Å². The molecule has 2 rings (SSSR count). The van der Waals surface area contributed by atoms with E-state index in [0.29, 0.717) is 12.2 Å². The van der Waals surface area contributed by atoms with Crippen LogP contribution in [-0.4, -0.2) is 48.7 Å². The molecule has 1 aromatic rings. The number of benzene rings is 1. The molecule has 6 heteroatoms. The van der Waals surface area contributed by atoms with Gasteiger partial charge in [-0.2, -0.15) is 0 Å². The Morgan fingerprint density at radius 3 is 3.05 bits per heavy atom. The van der Waals surface area contributed by atoms with Crippen molar-refractivity contribution in [1.29, 1.82) is 0 Å². The first-order valence-electron chi connectivity index (χ1n) is 6.93. The second-order valence-electron chi connectivity index (χ2n) is 5.04. The second kappa shape index (κ2) is 6.67. The number of nitro benzene ring substituents is 1. The van der Waals surface area contributed by atoms with Crippen molar-refractivity contribution >= 4 is 11.4 Å². The third-order valence-electron chi connectivity index (χ3n) is 3.54. The molecule has 0 amide bonds. The van der Waals surface area contributed by atoms with Crippen molar-refractivity contribution in [3.63, 3.8) is 0 Å². The van der Waals surface area contributed by atoms with Gasteiger partial charge in [-0.3, -0.25) is 15.0 Å². The van der Waals surface area contributed by atoms with Crippen LogP contribution in [0.15, 0.2) is 18.2 Å². The second-order valence-corrected chi connectivity index (χ2v) is 5.04. The zero-order valence-corrected chi connectivity index (χ0v) is 12.0. The molecule has 1 aliphatic heterocycles. The van der Waals surface area contributed by atoms with Gasteiger partial charge >= 0.3 is 0 Å². The summed E-state index contributed by atoms with van der Waals surface area (Å²) in [6.45, 7) is 8.17. The number of hydrogen-bond donors (Lipinski definition) is 1. The van der Waals surface area contributed by atoms with E-state index in [1.807, 2.05) is 6.92 Å². The van der Waals surface area contributed by atoms with Crippen LogP contribution in [0.5, 0.6) is 0 Å². The van der Waals surface area contributed by atoms with Crippen molar-refractivity contribution in [3.05, 3.63) is 33.9 Å². The Morgan fingerprint density at radius 1 is 1.55 bits per heavy atom. The van der Waals surface area contributed by atoms with E-state index in [-0.39, 0.29) is 16.7 Å². The zero-order valence-electron chi connectivity index (χ0n) is 12.0. The maximum atomic E-state index is 11.0. The van der Waals surface area contributed by atoms with Gasteiger partial charge < -0.3 is 10.1 Å². The van der Waals surface area contributed by atoms with E-state index in [9.17, 15) is 10.1 Å². The van der Waals surface area contributed by atoms with Gasteiger partial charge in [-0.25, -0.2) is 0 Å². The van der Waals surface area contributed by atoms with Crippen LogP contribution in [0.2, 0.25) is 0 Å². The molecule has 110 valence electrons. The van der Waals surface area contributed by atoms with Crippen LogP contribution in [0, 0.1) is 17.0 Å². The lowest BCUT2D eigenvalue weighted by Crippen LogP contribution is -2.45. The van der Waals surface area contributed by atoms with Crippen LogP contribution < -0.4 is 5.32 Å². The van der Waals surface area contributed by atoms with Crippen LogP contribution in [0.25, 0.3) is 0 Å². The van der Waals surface area contributed by atoms with E-state index in [2.05, 4.69) is 17.1 Å². The van der Waals surface area contributed by atoms with Crippen molar-refractivity contribution in [2.75, 3.05) is 38.1 Å². The Bertz CT molecular complexity index is 479. The average molecular weight is 279 g/mol. The molecule has 20 heavy (non-hydrogen) atoms. The smallest absolute Gasteiger partial charge is 0.292 e. The number of ether oxygens (including phenoxy) is 1. The van der Waals surface area contributed by atoms with Gasteiger partial charge in [0.15, 0.2) is 0 Å². The van der Waals surface area contributed by atoms with Crippen LogP contribution in [0.4, 0.5) is 11.4 Å². The van der Waals surface area contributed by atoms with Crippen molar-refractivity contribution in [2.45, 2.75) is 20.0 Å². The Kier molecular flexibility index (Phi) is 4.92. The minimum atomic E-state index is -0.359. The van der Waals surface area contributed by atoms with Gasteiger partial charge in [0, 0.05) is 25.7 Å². The summed E-state index contributed by atoms with van der Waals surface area (Å²) >= 11 is 0. The predicted molar refractivity (Wildman–Crippen MR) is 78.2 cm³/mol. The molecule has 1 saturated heterocycles. The summed E-state index contributed by atoms with van der Waals surface area (Å²) in [5.74, 6) is 0. The van der Waals surface area contributed by atoms with Gasteiger partial charge in [0.05, 0.1) is 17.6 Å². The van der Waals surface area contributed by atoms with Crippen molar-refractivity contribution in [1.82, 2.24) is 4.90 Å². The molecule has 1 N–H and O–H groups in total. The largest absolute Gasteiger partial charge is 0.377 e. The van der Waals surface area contributed by atoms with Gasteiger partial charge in [-0.15, -0.1) is 0 Å². The fourth-order valence-electron chi connectivity index (χ4n) is 2.37. The topological polar surface area (TPSA) is 67.6 Å². The molecule has 1 aliphatic rings. The molecule has 1 atom stereocenters. The van der Waals surface area contributed by atoms with Crippen LogP contribution in [0.3, 0.4) is 0 Å². The number of anilines is 1. The fraction of sp³-hybridized carbons (Fsp3) is 0.571. The van der Waals surface area contributed by atoms with Gasteiger partial charge in [0.2, 0.25) is 0 Å². The number of morpholine rings is 1. The minimum absolute atomic E-state index is 0.0730. The lowest BCUT2D eigenvalue weighted by Gasteiger charge is -2.32. The molecular formula is C14H21N3O3. The standard InChI is InChI=1S/C14H21N3O3/c1-3-16-6-7-20-12(10-16)9-15-13-8-11(2)4-5-14(13)17(18)19/h4-5,8,12,15H,3,6-7,9-10H2,1-2H3. The van der Waals surface area contributed by atoms with Crippen LogP contribution in [-0.2, 0) is 4.74 Å². The van der Waals surface area contributed by atoms with Gasteiger partial charge in [-0.05, 0) is 25.1 Å². The van der Waals surface area contributed by atoms with E-state index in [0.717, 1.165) is 31.8 Å².